The van der Waals surface area contributed by atoms with Gasteiger partial charge in [-0.25, -0.2) is 4.79 Å². The molecule has 0 saturated heterocycles. The van der Waals surface area contributed by atoms with Crippen LogP contribution in [0.25, 0.3) is 0 Å². The Morgan fingerprint density at radius 3 is 2.50 bits per heavy atom. The zero-order valence-electron chi connectivity index (χ0n) is 9.47. The summed E-state index contributed by atoms with van der Waals surface area (Å²) in [4.78, 5) is 11.3. The van der Waals surface area contributed by atoms with Crippen LogP contribution in [-0.2, 0) is 4.74 Å². The summed E-state index contributed by atoms with van der Waals surface area (Å²) in [5.74, 6) is 0.276. The predicted octanol–water partition coefficient (Wildman–Crippen LogP) is 1.62. The molecule has 0 bridgehead atoms. The van der Waals surface area contributed by atoms with Gasteiger partial charge < -0.3 is 14.6 Å². The number of aliphatic hydroxyl groups excluding tert-OH is 1. The summed E-state index contributed by atoms with van der Waals surface area (Å²) in [7, 11) is 0. The van der Waals surface area contributed by atoms with E-state index < -0.39 is 6.10 Å². The van der Waals surface area contributed by atoms with E-state index >= 15 is 0 Å². The van der Waals surface area contributed by atoms with Crippen molar-refractivity contribution in [2.45, 2.75) is 20.0 Å². The molecule has 1 unspecified atom stereocenters. The Labute approximate surface area is 94.8 Å². The fraction of sp³-hybridized carbons (Fsp3) is 0.417. The smallest absolute Gasteiger partial charge is 0.338 e. The average molecular weight is 224 g/mol. The van der Waals surface area contributed by atoms with Crippen LogP contribution in [0.4, 0.5) is 0 Å². The van der Waals surface area contributed by atoms with Gasteiger partial charge in [-0.15, -0.1) is 0 Å². The topological polar surface area (TPSA) is 55.8 Å². The third-order valence-electron chi connectivity index (χ3n) is 1.86. The molecule has 1 rings (SSSR count). The number of carbonyl (C=O) groups excluding carboxylic acids is 1. The van der Waals surface area contributed by atoms with Crippen molar-refractivity contribution in [2.24, 2.45) is 0 Å². The van der Waals surface area contributed by atoms with Crippen LogP contribution in [-0.4, -0.2) is 30.4 Å². The van der Waals surface area contributed by atoms with E-state index in [2.05, 4.69) is 0 Å². The van der Waals surface area contributed by atoms with Gasteiger partial charge in [0.1, 0.15) is 12.4 Å². The van der Waals surface area contributed by atoms with Gasteiger partial charge in [0.15, 0.2) is 0 Å². The van der Waals surface area contributed by atoms with Gasteiger partial charge in [0, 0.05) is 0 Å². The van der Waals surface area contributed by atoms with Gasteiger partial charge in [-0.1, -0.05) is 0 Å². The van der Waals surface area contributed by atoms with Crippen LogP contribution in [0.5, 0.6) is 5.75 Å². The van der Waals surface area contributed by atoms with Gasteiger partial charge >= 0.3 is 5.97 Å². The molecule has 1 atom stereocenters. The van der Waals surface area contributed by atoms with Crippen molar-refractivity contribution >= 4 is 5.97 Å². The Hall–Kier alpha value is -1.55. The summed E-state index contributed by atoms with van der Waals surface area (Å²) >= 11 is 0. The van der Waals surface area contributed by atoms with Crippen LogP contribution < -0.4 is 4.74 Å². The number of ether oxygens (including phenoxy) is 2. The third-order valence-corrected chi connectivity index (χ3v) is 1.86. The van der Waals surface area contributed by atoms with Crippen molar-refractivity contribution in [1.82, 2.24) is 0 Å². The van der Waals surface area contributed by atoms with Gasteiger partial charge in [-0.3, -0.25) is 0 Å². The lowest BCUT2D eigenvalue weighted by Gasteiger charge is -2.08. The minimum absolute atomic E-state index is 0.235. The van der Waals surface area contributed by atoms with Crippen molar-refractivity contribution in [1.29, 1.82) is 0 Å². The highest BCUT2D eigenvalue weighted by Gasteiger charge is 2.06. The predicted molar refractivity (Wildman–Crippen MR) is 59.6 cm³/mol. The Morgan fingerprint density at radius 2 is 2.00 bits per heavy atom. The summed E-state index contributed by atoms with van der Waals surface area (Å²) in [5.41, 5.74) is 0.492. The standard InChI is InChI=1S/C12H16O4/c1-3-15-12(14)10-4-6-11(7-5-10)16-8-9(2)13/h4-7,9,13H,3,8H2,1-2H3. The molecule has 4 heteroatoms. The lowest BCUT2D eigenvalue weighted by molar-refractivity contribution is 0.0526. The fourth-order valence-electron chi connectivity index (χ4n) is 1.12. The van der Waals surface area contributed by atoms with E-state index in [-0.39, 0.29) is 12.6 Å². The molecular weight excluding hydrogens is 208 g/mol. The van der Waals surface area contributed by atoms with E-state index in [0.29, 0.717) is 17.9 Å². The largest absolute Gasteiger partial charge is 0.491 e. The SMILES string of the molecule is CCOC(=O)c1ccc(OCC(C)O)cc1. The molecule has 0 spiro atoms. The highest BCUT2D eigenvalue weighted by Crippen LogP contribution is 2.13. The molecule has 0 saturated carbocycles. The van der Waals surface area contributed by atoms with Gasteiger partial charge in [-0.05, 0) is 38.1 Å². The first-order chi connectivity index (χ1) is 7.63. The highest BCUT2D eigenvalue weighted by molar-refractivity contribution is 5.89. The van der Waals surface area contributed by atoms with E-state index in [1.54, 1.807) is 38.1 Å². The highest BCUT2D eigenvalue weighted by atomic mass is 16.5. The van der Waals surface area contributed by atoms with Crippen LogP contribution in [0.1, 0.15) is 24.2 Å². The fourth-order valence-corrected chi connectivity index (χ4v) is 1.12. The summed E-state index contributed by atoms with van der Waals surface area (Å²) < 4.78 is 10.1. The van der Waals surface area contributed by atoms with Crippen molar-refractivity contribution < 1.29 is 19.4 Å². The number of carbonyl (C=O) groups is 1. The summed E-state index contributed by atoms with van der Waals surface area (Å²) in [5, 5.41) is 9.03. The van der Waals surface area contributed by atoms with Gasteiger partial charge in [0.25, 0.3) is 0 Å². The third kappa shape index (κ3) is 3.90. The molecule has 0 aromatic heterocycles. The molecule has 0 aliphatic heterocycles. The molecule has 0 aliphatic rings. The second kappa shape index (κ2) is 6.12. The second-order valence-electron chi connectivity index (χ2n) is 3.40. The Balaban J connectivity index is 2.57. The average Bonchev–Trinajstić information content (AvgIpc) is 2.27. The molecule has 0 radical (unpaired) electrons. The van der Waals surface area contributed by atoms with E-state index in [9.17, 15) is 4.79 Å². The van der Waals surface area contributed by atoms with E-state index in [4.69, 9.17) is 14.6 Å². The zero-order chi connectivity index (χ0) is 12.0. The number of hydrogen-bond acceptors (Lipinski definition) is 4. The van der Waals surface area contributed by atoms with E-state index in [1.807, 2.05) is 0 Å². The lowest BCUT2D eigenvalue weighted by atomic mass is 10.2. The molecule has 0 aliphatic carbocycles. The number of benzene rings is 1. The monoisotopic (exact) mass is 224 g/mol. The van der Waals surface area contributed by atoms with Crippen LogP contribution in [0.2, 0.25) is 0 Å². The lowest BCUT2D eigenvalue weighted by Crippen LogP contribution is -2.12. The quantitative estimate of drug-likeness (QED) is 0.772. The van der Waals surface area contributed by atoms with Crippen LogP contribution in [0, 0.1) is 0 Å². The molecule has 88 valence electrons. The second-order valence-corrected chi connectivity index (χ2v) is 3.40. The Morgan fingerprint density at radius 1 is 1.38 bits per heavy atom. The summed E-state index contributed by atoms with van der Waals surface area (Å²) in [6, 6.07) is 6.62. The molecule has 1 aromatic rings. The number of hydrogen-bond donors (Lipinski definition) is 1. The molecule has 1 N–H and O–H groups in total. The maximum absolute atomic E-state index is 11.3. The molecule has 4 nitrogen and oxygen atoms in total. The maximum atomic E-state index is 11.3. The zero-order valence-corrected chi connectivity index (χ0v) is 9.47. The van der Waals surface area contributed by atoms with Gasteiger partial charge in [0.2, 0.25) is 0 Å². The minimum atomic E-state index is -0.510. The van der Waals surface area contributed by atoms with E-state index in [1.165, 1.54) is 0 Å². The van der Waals surface area contributed by atoms with E-state index in [0.717, 1.165) is 0 Å². The van der Waals surface area contributed by atoms with Gasteiger partial charge in [0.05, 0.1) is 18.3 Å². The van der Waals surface area contributed by atoms with Crippen LogP contribution in [0.15, 0.2) is 24.3 Å². The molecule has 0 heterocycles. The Kier molecular flexibility index (Phi) is 4.79. The maximum Gasteiger partial charge on any atom is 0.338 e. The number of esters is 1. The molecule has 0 fully saturated rings. The molecule has 1 aromatic carbocycles. The van der Waals surface area contributed by atoms with Crippen molar-refractivity contribution in [2.75, 3.05) is 13.2 Å². The minimum Gasteiger partial charge on any atom is -0.491 e. The summed E-state index contributed by atoms with van der Waals surface area (Å²) in [6.07, 6.45) is -0.510. The first-order valence-corrected chi connectivity index (χ1v) is 5.21. The molecule has 16 heavy (non-hydrogen) atoms. The van der Waals surface area contributed by atoms with Crippen LogP contribution >= 0.6 is 0 Å². The van der Waals surface area contributed by atoms with Gasteiger partial charge in [-0.2, -0.15) is 0 Å². The first kappa shape index (κ1) is 12.5. The van der Waals surface area contributed by atoms with Crippen molar-refractivity contribution in [3.63, 3.8) is 0 Å². The van der Waals surface area contributed by atoms with Crippen LogP contribution in [0.3, 0.4) is 0 Å². The number of rotatable bonds is 5. The normalized spacial score (nSPS) is 11.9. The summed E-state index contributed by atoms with van der Waals surface area (Å²) in [6.45, 7) is 4.00. The molecular formula is C12H16O4. The molecule has 0 amide bonds. The van der Waals surface area contributed by atoms with Crippen molar-refractivity contribution in [3.05, 3.63) is 29.8 Å². The Bertz CT molecular complexity index is 329. The first-order valence-electron chi connectivity index (χ1n) is 5.21. The van der Waals surface area contributed by atoms with Crippen molar-refractivity contribution in [3.8, 4) is 5.75 Å². The number of aliphatic hydroxyl groups is 1.